The Kier molecular flexibility index (Phi) is 5.75. The number of hydrogen-bond donors (Lipinski definition) is 1. The number of anilines is 1. The maximum absolute atomic E-state index is 12.1. The number of carbonyl (C=O) groups is 5. The second kappa shape index (κ2) is 7.79. The van der Waals surface area contributed by atoms with Crippen LogP contribution < -0.4 is 5.32 Å². The first-order valence-electron chi connectivity index (χ1n) is 6.94. The van der Waals surface area contributed by atoms with Gasteiger partial charge in [-0.3, -0.25) is 19.3 Å². The normalized spacial score (nSPS) is 13.6. The van der Waals surface area contributed by atoms with E-state index < -0.39 is 35.5 Å². The van der Waals surface area contributed by atoms with Gasteiger partial charge in [0.15, 0.2) is 0 Å². The van der Waals surface area contributed by atoms with Gasteiger partial charge in [0.1, 0.15) is 6.54 Å². The van der Waals surface area contributed by atoms with Crippen molar-refractivity contribution in [1.29, 1.82) is 0 Å². The minimum absolute atomic E-state index is 0.00354. The molecule has 1 aliphatic rings. The summed E-state index contributed by atoms with van der Waals surface area (Å²) in [6.07, 6.45) is 0. The summed E-state index contributed by atoms with van der Waals surface area (Å²) in [4.78, 5) is 59.3. The highest BCUT2D eigenvalue weighted by atomic mass is 32.2. The van der Waals surface area contributed by atoms with Crippen LogP contribution in [0.2, 0.25) is 0 Å². The largest absolute Gasteiger partial charge is 0.465 e. The first-order chi connectivity index (χ1) is 11.8. The van der Waals surface area contributed by atoms with Crippen molar-refractivity contribution in [2.75, 3.05) is 31.8 Å². The quantitative estimate of drug-likeness (QED) is 0.763. The zero-order valence-electron chi connectivity index (χ0n) is 13.4. The average Bonchev–Trinajstić information content (AvgIpc) is 2.91. The molecule has 0 saturated carbocycles. The van der Waals surface area contributed by atoms with Gasteiger partial charge in [-0.1, -0.05) is 11.8 Å². The van der Waals surface area contributed by atoms with E-state index in [-0.39, 0.29) is 22.6 Å². The molecule has 0 unspecified atom stereocenters. The molecule has 1 aromatic rings. The first-order valence-corrected chi connectivity index (χ1v) is 7.93. The molecule has 1 saturated heterocycles. The third kappa shape index (κ3) is 4.35. The summed E-state index contributed by atoms with van der Waals surface area (Å²) in [7, 11) is 2.35. The van der Waals surface area contributed by atoms with Crippen LogP contribution in [-0.2, 0) is 19.1 Å². The first kappa shape index (κ1) is 18.5. The number of imide groups is 1. The van der Waals surface area contributed by atoms with Crippen molar-refractivity contribution >= 4 is 46.4 Å². The fraction of sp³-hybridized carbons (Fsp3) is 0.267. The Morgan fingerprint density at radius 3 is 2.08 bits per heavy atom. The van der Waals surface area contributed by atoms with E-state index in [1.54, 1.807) is 0 Å². The van der Waals surface area contributed by atoms with Gasteiger partial charge in [0.05, 0.1) is 31.1 Å². The molecule has 1 fully saturated rings. The molecule has 25 heavy (non-hydrogen) atoms. The zero-order valence-corrected chi connectivity index (χ0v) is 14.2. The summed E-state index contributed by atoms with van der Waals surface area (Å²) in [5.41, 5.74) is 0.189. The third-order valence-corrected chi connectivity index (χ3v) is 4.06. The molecule has 0 aliphatic carbocycles. The topological polar surface area (TPSA) is 119 Å². The molecule has 1 aromatic carbocycles. The standard InChI is InChI=1S/C15H14N2O7S/c1-23-13(20)8-3-9(14(21)24-2)5-10(4-8)16-11(18)6-17-12(19)7-25-15(17)22/h3-5H,6-7H2,1-2H3,(H,16,18). The Hall–Kier alpha value is -2.88. The van der Waals surface area contributed by atoms with Crippen molar-refractivity contribution in [3.63, 3.8) is 0 Å². The fourth-order valence-electron chi connectivity index (χ4n) is 2.05. The number of nitrogens with one attached hydrogen (secondary N) is 1. The molecule has 1 N–H and O–H groups in total. The molecule has 0 radical (unpaired) electrons. The molecule has 2 rings (SSSR count). The molecule has 9 nitrogen and oxygen atoms in total. The molecule has 1 heterocycles. The van der Waals surface area contributed by atoms with Crippen LogP contribution >= 0.6 is 11.8 Å². The van der Waals surface area contributed by atoms with E-state index in [9.17, 15) is 24.0 Å². The van der Waals surface area contributed by atoms with E-state index >= 15 is 0 Å². The van der Waals surface area contributed by atoms with E-state index in [2.05, 4.69) is 14.8 Å². The van der Waals surface area contributed by atoms with Crippen LogP contribution in [0, 0.1) is 0 Å². The van der Waals surface area contributed by atoms with Crippen LogP contribution in [-0.4, -0.2) is 60.4 Å². The van der Waals surface area contributed by atoms with Crippen LogP contribution in [0.3, 0.4) is 0 Å². The van der Waals surface area contributed by atoms with Gasteiger partial charge in [0, 0.05) is 5.69 Å². The molecule has 0 spiro atoms. The number of methoxy groups -OCH3 is 2. The highest BCUT2D eigenvalue weighted by Gasteiger charge is 2.31. The van der Waals surface area contributed by atoms with Crippen LogP contribution in [0.15, 0.2) is 18.2 Å². The van der Waals surface area contributed by atoms with Gasteiger partial charge in [-0.25, -0.2) is 9.59 Å². The van der Waals surface area contributed by atoms with E-state index in [4.69, 9.17) is 0 Å². The maximum Gasteiger partial charge on any atom is 0.337 e. The molecule has 0 atom stereocenters. The second-order valence-corrected chi connectivity index (χ2v) is 5.79. The van der Waals surface area contributed by atoms with Crippen molar-refractivity contribution in [1.82, 2.24) is 4.90 Å². The van der Waals surface area contributed by atoms with Crippen molar-refractivity contribution < 1.29 is 33.4 Å². The number of amides is 3. The van der Waals surface area contributed by atoms with Gasteiger partial charge < -0.3 is 14.8 Å². The lowest BCUT2D eigenvalue weighted by molar-refractivity contribution is -0.128. The molecular formula is C15H14N2O7S. The summed E-state index contributed by atoms with van der Waals surface area (Å²) >= 11 is 0.816. The van der Waals surface area contributed by atoms with Gasteiger partial charge in [-0.15, -0.1) is 0 Å². The minimum atomic E-state index is -0.706. The van der Waals surface area contributed by atoms with E-state index in [1.807, 2.05) is 0 Å². The van der Waals surface area contributed by atoms with Gasteiger partial charge >= 0.3 is 11.9 Å². The molecule has 1 aliphatic heterocycles. The smallest absolute Gasteiger partial charge is 0.337 e. The lowest BCUT2D eigenvalue weighted by Crippen LogP contribution is -2.36. The molecule has 10 heteroatoms. The van der Waals surface area contributed by atoms with Gasteiger partial charge in [0.2, 0.25) is 11.8 Å². The van der Waals surface area contributed by atoms with Gasteiger partial charge in [-0.2, -0.15) is 0 Å². The Morgan fingerprint density at radius 2 is 1.64 bits per heavy atom. The van der Waals surface area contributed by atoms with Gasteiger partial charge in [0.25, 0.3) is 5.24 Å². The summed E-state index contributed by atoms with van der Waals surface area (Å²) in [6.45, 7) is -0.458. The average molecular weight is 366 g/mol. The number of nitrogens with zero attached hydrogens (tertiary/aromatic N) is 1. The summed E-state index contributed by atoms with van der Waals surface area (Å²) in [5.74, 6) is -2.52. The summed E-state index contributed by atoms with van der Waals surface area (Å²) in [5, 5.41) is 1.94. The molecular weight excluding hydrogens is 352 g/mol. The number of esters is 2. The zero-order chi connectivity index (χ0) is 18.6. The number of carbonyl (C=O) groups excluding carboxylic acids is 5. The minimum Gasteiger partial charge on any atom is -0.465 e. The van der Waals surface area contributed by atoms with Crippen LogP contribution in [0.1, 0.15) is 20.7 Å². The SMILES string of the molecule is COC(=O)c1cc(NC(=O)CN2C(=O)CSC2=O)cc(C(=O)OC)c1. The predicted molar refractivity (Wildman–Crippen MR) is 87.3 cm³/mol. The second-order valence-electron chi connectivity index (χ2n) is 4.86. The van der Waals surface area contributed by atoms with Crippen LogP contribution in [0.4, 0.5) is 10.5 Å². The highest BCUT2D eigenvalue weighted by Crippen LogP contribution is 2.20. The lowest BCUT2D eigenvalue weighted by atomic mass is 10.1. The van der Waals surface area contributed by atoms with Crippen molar-refractivity contribution in [2.45, 2.75) is 0 Å². The number of ether oxygens (including phenoxy) is 2. The molecule has 3 amide bonds. The lowest BCUT2D eigenvalue weighted by Gasteiger charge is -2.13. The number of hydrogen-bond acceptors (Lipinski definition) is 8. The van der Waals surface area contributed by atoms with E-state index in [0.29, 0.717) is 0 Å². The van der Waals surface area contributed by atoms with E-state index in [1.165, 1.54) is 32.4 Å². The van der Waals surface area contributed by atoms with Crippen molar-refractivity contribution in [2.24, 2.45) is 0 Å². The Bertz CT molecular complexity index is 712. The Morgan fingerprint density at radius 1 is 1.08 bits per heavy atom. The monoisotopic (exact) mass is 366 g/mol. The number of rotatable bonds is 5. The number of thioether (sulfide) groups is 1. The van der Waals surface area contributed by atoms with Gasteiger partial charge in [-0.05, 0) is 18.2 Å². The predicted octanol–water partition coefficient (Wildman–Crippen LogP) is 0.894. The van der Waals surface area contributed by atoms with Crippen molar-refractivity contribution in [3.05, 3.63) is 29.3 Å². The van der Waals surface area contributed by atoms with Crippen molar-refractivity contribution in [3.8, 4) is 0 Å². The van der Waals surface area contributed by atoms with Crippen LogP contribution in [0.25, 0.3) is 0 Å². The molecule has 132 valence electrons. The van der Waals surface area contributed by atoms with Crippen LogP contribution in [0.5, 0.6) is 0 Å². The Labute approximate surface area is 146 Å². The third-order valence-electron chi connectivity index (χ3n) is 3.20. The summed E-state index contributed by atoms with van der Waals surface area (Å²) in [6, 6.07) is 3.87. The number of benzene rings is 1. The summed E-state index contributed by atoms with van der Waals surface area (Å²) < 4.78 is 9.19. The maximum atomic E-state index is 12.1. The van der Waals surface area contributed by atoms with E-state index in [0.717, 1.165) is 16.7 Å². The highest BCUT2D eigenvalue weighted by molar-refractivity contribution is 8.14. The Balaban J connectivity index is 2.21. The fourth-order valence-corrected chi connectivity index (χ4v) is 2.77. The molecule has 0 aromatic heterocycles. The molecule has 0 bridgehead atoms.